The number of rotatable bonds is 9. The number of aryl methyl sites for hydroxylation is 1. The number of hydrogen-bond acceptors (Lipinski definition) is 4. The van der Waals surface area contributed by atoms with Crippen molar-refractivity contribution in [3.63, 3.8) is 0 Å². The predicted octanol–water partition coefficient (Wildman–Crippen LogP) is 18.9. The molecule has 80 heavy (non-hydrogen) atoms. The summed E-state index contributed by atoms with van der Waals surface area (Å²) in [6.45, 7) is 27.7. The van der Waals surface area contributed by atoms with Gasteiger partial charge in [-0.1, -0.05) is 200 Å². The van der Waals surface area contributed by atoms with Crippen LogP contribution in [0.25, 0.3) is 105 Å². The Balaban J connectivity index is 0.000000311. The van der Waals surface area contributed by atoms with E-state index in [1.807, 2.05) is 45.0 Å². The Morgan fingerprint density at radius 2 is 1.20 bits per heavy atom. The van der Waals surface area contributed by atoms with Crippen molar-refractivity contribution >= 4 is 81.0 Å². The molecule has 0 amide bonds. The van der Waals surface area contributed by atoms with E-state index in [2.05, 4.69) is 227 Å². The summed E-state index contributed by atoms with van der Waals surface area (Å²) in [5, 5.41) is 10.1. The molecule has 0 bridgehead atoms. The molecule has 9 aromatic carbocycles. The van der Waals surface area contributed by atoms with Crippen LogP contribution in [0.15, 0.2) is 174 Å². The first-order chi connectivity index (χ1) is 38.8. The van der Waals surface area contributed by atoms with E-state index in [0.29, 0.717) is 11.5 Å². The van der Waals surface area contributed by atoms with Gasteiger partial charge in [-0.3, -0.25) is 15.0 Å². The van der Waals surface area contributed by atoms with Crippen LogP contribution in [-0.2, 0) is 25.5 Å². The summed E-state index contributed by atoms with van der Waals surface area (Å²) in [7, 11) is -3.02. The smallest absolute Gasteiger partial charge is 0.121 e. The van der Waals surface area contributed by atoms with Gasteiger partial charge in [-0.15, -0.1) is 54.1 Å². The Labute approximate surface area is 493 Å². The maximum atomic E-state index is 7.61. The van der Waals surface area contributed by atoms with Crippen molar-refractivity contribution < 1.29 is 28.6 Å². The van der Waals surface area contributed by atoms with Crippen molar-refractivity contribution in [1.29, 1.82) is 0 Å². The molecule has 405 valence electrons. The van der Waals surface area contributed by atoms with Gasteiger partial charge in [0.1, 0.15) is 5.58 Å². The molecule has 0 aliphatic rings. The van der Waals surface area contributed by atoms with Crippen molar-refractivity contribution in [3.05, 3.63) is 205 Å². The Morgan fingerprint density at radius 1 is 0.575 bits per heavy atom. The summed E-state index contributed by atoms with van der Waals surface area (Å²) in [5.41, 5.74) is 14.6. The second-order valence-corrected chi connectivity index (χ2v) is 35.1. The average molecular weight is 1260 g/mol. The molecule has 5 nitrogen and oxygen atoms in total. The van der Waals surface area contributed by atoms with Gasteiger partial charge in [-0.25, -0.2) is 0 Å². The van der Waals surface area contributed by atoms with E-state index in [9.17, 15) is 0 Å². The fourth-order valence-electron chi connectivity index (χ4n) is 10.9. The third-order valence-corrected chi connectivity index (χ3v) is 19.4. The molecule has 1 radical (unpaired) electrons. The quantitative estimate of drug-likeness (QED) is 0.0821. The fourth-order valence-corrected chi connectivity index (χ4v) is 13.4. The standard InChI is InChI=1S/C57H55N2OSi2.C15H17N2.Ir/c1-35(2)48-31-42(38-24-22-37(23-25-38)41-28-43(61(5,6)7)33-44(29-41)62(8,9)10)32-49(36(3)4)55(48)59-53-21-14-13-20-52(53)58-57(59)47-19-15-18-46-51-30-40-27-26-39-16-11-12-17-45(39)50(40)34-54(51)60-56(46)47;1-11-10-16-14(12-8-6-5-7-9-12)17-13(11)15(2,3)4;/h11-18,20-36H,1-10H3;5-8,10H,1-4H3;/q2*-1;/i;1D3;. The van der Waals surface area contributed by atoms with E-state index in [1.54, 1.807) is 6.07 Å². The Hall–Kier alpha value is -7.07. The van der Waals surface area contributed by atoms with Crippen LogP contribution < -0.4 is 10.4 Å². The number of benzene rings is 9. The van der Waals surface area contributed by atoms with Gasteiger partial charge < -0.3 is 8.98 Å². The first kappa shape index (κ1) is 52.3. The van der Waals surface area contributed by atoms with Crippen molar-refractivity contribution in [2.75, 3.05) is 0 Å². The normalized spacial score (nSPS) is 13.0. The summed E-state index contributed by atoms with van der Waals surface area (Å²) >= 11 is 0. The molecule has 0 saturated heterocycles. The van der Waals surface area contributed by atoms with Gasteiger partial charge in [0.2, 0.25) is 0 Å². The van der Waals surface area contributed by atoms with E-state index in [-0.39, 0.29) is 42.9 Å². The number of imidazole rings is 1. The minimum absolute atomic E-state index is 0. The number of fused-ring (bicyclic) bond motifs is 7. The molecule has 0 aliphatic carbocycles. The van der Waals surface area contributed by atoms with Crippen LogP contribution in [0.4, 0.5) is 0 Å². The average Bonchev–Trinajstić information content (AvgIpc) is 2.08. The summed E-state index contributed by atoms with van der Waals surface area (Å²) < 4.78 is 32.2. The third kappa shape index (κ3) is 10.8. The zero-order valence-electron chi connectivity index (χ0n) is 51.4. The van der Waals surface area contributed by atoms with Gasteiger partial charge in [-0.2, -0.15) is 0 Å². The van der Waals surface area contributed by atoms with Crippen molar-refractivity contribution in [2.45, 2.75) is 112 Å². The monoisotopic (exact) mass is 1260 g/mol. The predicted molar refractivity (Wildman–Crippen MR) is 342 cm³/mol. The van der Waals surface area contributed by atoms with Gasteiger partial charge in [0.05, 0.1) is 44.4 Å². The van der Waals surface area contributed by atoms with Crippen LogP contribution in [0.3, 0.4) is 0 Å². The molecule has 12 rings (SSSR count). The van der Waals surface area contributed by atoms with Crippen molar-refractivity contribution in [1.82, 2.24) is 19.5 Å². The van der Waals surface area contributed by atoms with Gasteiger partial charge in [0, 0.05) is 52.6 Å². The number of hydrogen-bond donors (Lipinski definition) is 0. The van der Waals surface area contributed by atoms with Crippen molar-refractivity contribution in [2.24, 2.45) is 0 Å². The maximum absolute atomic E-state index is 7.61. The first-order valence-corrected chi connectivity index (χ1v) is 34.8. The summed E-state index contributed by atoms with van der Waals surface area (Å²) in [5.74, 6) is 1.83. The number of furan rings is 1. The third-order valence-electron chi connectivity index (χ3n) is 15.4. The van der Waals surface area contributed by atoms with Crippen LogP contribution in [-0.4, -0.2) is 35.7 Å². The van der Waals surface area contributed by atoms with Crippen molar-refractivity contribution in [3.8, 4) is 50.7 Å². The second kappa shape index (κ2) is 21.8. The van der Waals surface area contributed by atoms with Gasteiger partial charge >= 0.3 is 0 Å². The summed E-state index contributed by atoms with van der Waals surface area (Å²) in [4.78, 5) is 14.1. The van der Waals surface area contributed by atoms with Crippen LogP contribution in [0.2, 0.25) is 39.3 Å². The Morgan fingerprint density at radius 3 is 1.82 bits per heavy atom. The zero-order valence-corrected chi connectivity index (χ0v) is 52.7. The molecule has 0 fully saturated rings. The molecule has 0 atom stereocenters. The van der Waals surface area contributed by atoms with Crippen LogP contribution in [0.1, 0.15) is 86.8 Å². The molecular weight excluding hydrogens is 1190 g/mol. The topological polar surface area (TPSA) is 56.7 Å². The molecule has 0 aliphatic heterocycles. The minimum Gasteiger partial charge on any atom is -0.501 e. The van der Waals surface area contributed by atoms with Gasteiger partial charge in [-0.05, 0) is 116 Å². The van der Waals surface area contributed by atoms with E-state index in [1.165, 1.54) is 77.2 Å². The Bertz CT molecular complexity index is 4330. The molecule has 0 spiro atoms. The molecule has 0 saturated carbocycles. The van der Waals surface area contributed by atoms with Crippen LogP contribution in [0, 0.1) is 19.0 Å². The van der Waals surface area contributed by atoms with E-state index < -0.39 is 23.0 Å². The number of nitrogens with zero attached hydrogens (tertiary/aromatic N) is 4. The second-order valence-electron chi connectivity index (χ2n) is 25.0. The zero-order chi connectivity index (χ0) is 58.2. The Kier molecular flexibility index (Phi) is 14.2. The molecule has 0 unspecified atom stereocenters. The number of aromatic nitrogens is 4. The molecule has 3 heterocycles. The molecule has 3 aromatic heterocycles. The van der Waals surface area contributed by atoms with E-state index in [4.69, 9.17) is 13.5 Å². The largest absolute Gasteiger partial charge is 0.501 e. The summed E-state index contributed by atoms with van der Waals surface area (Å²) in [6, 6.07) is 65.9. The number of para-hydroxylation sites is 2. The van der Waals surface area contributed by atoms with Gasteiger partial charge in [0.15, 0.2) is 0 Å². The van der Waals surface area contributed by atoms with E-state index in [0.717, 1.165) is 49.9 Å². The van der Waals surface area contributed by atoms with Crippen LogP contribution in [0.5, 0.6) is 0 Å². The minimum atomic E-state index is -2.21. The fraction of sp³-hybridized carbons (Fsp3) is 0.236. The molecular formula is C72H72IrN4OSi2-2. The van der Waals surface area contributed by atoms with E-state index >= 15 is 0 Å². The van der Waals surface area contributed by atoms with Crippen LogP contribution >= 0.6 is 0 Å². The SMILES string of the molecule is CC(C)c1cc(-c2ccc(-c3cc([Si](C)(C)C)cc([Si](C)(C)C)c3)cc2)cc(C(C)C)c1-n1c(-c2[c-]ccc3c2oc2cc4c(ccc5ccccc54)cc23)nc2ccccc21.[2H]C([2H])([2H])c1cnc(-c2[c-]cccc2)nc1C(C)(C)C.[Ir]. The van der Waals surface area contributed by atoms with Gasteiger partial charge in [0.25, 0.3) is 0 Å². The molecule has 12 aromatic rings. The maximum Gasteiger partial charge on any atom is 0.121 e. The first-order valence-electron chi connectivity index (χ1n) is 29.3. The molecule has 0 N–H and O–H groups in total. The summed E-state index contributed by atoms with van der Waals surface area (Å²) in [6.07, 6.45) is 1.41. The molecule has 8 heteroatoms.